The van der Waals surface area contributed by atoms with Crippen LogP contribution >= 0.6 is 28.3 Å². The average molecular weight is 384 g/mol. The summed E-state index contributed by atoms with van der Waals surface area (Å²) in [5.74, 6) is 0.174. The maximum Gasteiger partial charge on any atom is 0.179 e. The summed E-state index contributed by atoms with van der Waals surface area (Å²) in [5.41, 5.74) is 0. The molecule has 1 heterocycles. The molecular formula is C13H20BrClN2O2S. The molecule has 114 valence electrons. The fourth-order valence-electron chi connectivity index (χ4n) is 2.23. The van der Waals surface area contributed by atoms with E-state index in [2.05, 4.69) is 33.1 Å². The standard InChI is InChI=1S/C13H19BrN2O2S.ClH/c1-11-10-15-5-6-16(11)7-8-19(17,18)13-4-2-3-12(14)9-13;/h2-4,9,11,15H,5-8,10H2,1H3;1H/t11-;/m1./s1. The third-order valence-corrected chi connectivity index (χ3v) is 5.63. The van der Waals surface area contributed by atoms with Gasteiger partial charge in [0.05, 0.1) is 10.6 Å². The molecule has 1 fully saturated rings. The van der Waals surface area contributed by atoms with Gasteiger partial charge in [-0.2, -0.15) is 0 Å². The Morgan fingerprint density at radius 2 is 2.20 bits per heavy atom. The second kappa shape index (κ2) is 7.75. The van der Waals surface area contributed by atoms with E-state index in [0.717, 1.165) is 24.1 Å². The van der Waals surface area contributed by atoms with Crippen LogP contribution in [0.3, 0.4) is 0 Å². The zero-order valence-corrected chi connectivity index (χ0v) is 14.6. The Kier molecular flexibility index (Phi) is 6.94. The number of rotatable bonds is 4. The maximum atomic E-state index is 12.3. The number of hydrogen-bond acceptors (Lipinski definition) is 4. The van der Waals surface area contributed by atoms with Crippen molar-refractivity contribution in [1.82, 2.24) is 10.2 Å². The molecule has 1 aliphatic rings. The van der Waals surface area contributed by atoms with Crippen LogP contribution in [0, 0.1) is 0 Å². The van der Waals surface area contributed by atoms with E-state index in [0.29, 0.717) is 17.5 Å². The summed E-state index contributed by atoms with van der Waals surface area (Å²) in [6, 6.07) is 7.30. The third kappa shape index (κ3) is 4.70. The summed E-state index contributed by atoms with van der Waals surface area (Å²) in [6.45, 7) is 5.49. The van der Waals surface area contributed by atoms with Crippen molar-refractivity contribution >= 4 is 38.2 Å². The minimum absolute atomic E-state index is 0. The molecule has 0 saturated carbocycles. The smallest absolute Gasteiger partial charge is 0.179 e. The number of hydrogen-bond donors (Lipinski definition) is 1. The number of piperazine rings is 1. The van der Waals surface area contributed by atoms with E-state index in [9.17, 15) is 8.42 Å². The fraction of sp³-hybridized carbons (Fsp3) is 0.538. The quantitative estimate of drug-likeness (QED) is 0.863. The molecule has 0 aromatic heterocycles. The molecule has 0 bridgehead atoms. The minimum Gasteiger partial charge on any atom is -0.314 e. The predicted octanol–water partition coefficient (Wildman–Crippen LogP) is 1.94. The predicted molar refractivity (Wildman–Crippen MR) is 87.3 cm³/mol. The van der Waals surface area contributed by atoms with Gasteiger partial charge in [-0.15, -0.1) is 12.4 Å². The van der Waals surface area contributed by atoms with E-state index in [1.54, 1.807) is 18.2 Å². The molecule has 0 radical (unpaired) electrons. The summed E-state index contributed by atoms with van der Waals surface area (Å²) in [5, 5.41) is 3.30. The molecule has 1 aromatic rings. The van der Waals surface area contributed by atoms with Crippen LogP contribution in [0.25, 0.3) is 0 Å². The van der Waals surface area contributed by atoms with Gasteiger partial charge in [0.15, 0.2) is 9.84 Å². The van der Waals surface area contributed by atoms with Crippen molar-refractivity contribution in [2.24, 2.45) is 0 Å². The monoisotopic (exact) mass is 382 g/mol. The van der Waals surface area contributed by atoms with E-state index in [1.807, 2.05) is 6.07 Å². The second-order valence-electron chi connectivity index (χ2n) is 4.87. The van der Waals surface area contributed by atoms with Crippen molar-refractivity contribution in [1.29, 1.82) is 0 Å². The molecule has 0 amide bonds. The molecule has 1 atom stereocenters. The van der Waals surface area contributed by atoms with Gasteiger partial charge in [0.1, 0.15) is 0 Å². The number of nitrogens with zero attached hydrogens (tertiary/aromatic N) is 1. The highest BCUT2D eigenvalue weighted by Crippen LogP contribution is 2.17. The van der Waals surface area contributed by atoms with Crippen molar-refractivity contribution in [3.05, 3.63) is 28.7 Å². The molecule has 1 N–H and O–H groups in total. The highest BCUT2D eigenvalue weighted by Gasteiger charge is 2.21. The van der Waals surface area contributed by atoms with Gasteiger partial charge in [-0.3, -0.25) is 4.90 Å². The SMILES string of the molecule is C[C@@H]1CNCCN1CCS(=O)(=O)c1cccc(Br)c1.Cl. The lowest BCUT2D eigenvalue weighted by Gasteiger charge is -2.33. The number of sulfone groups is 1. The first-order valence-electron chi connectivity index (χ1n) is 6.42. The van der Waals surface area contributed by atoms with E-state index in [1.165, 1.54) is 0 Å². The Bertz CT molecular complexity index is 539. The molecule has 7 heteroatoms. The van der Waals surface area contributed by atoms with Crippen LogP contribution in [-0.2, 0) is 9.84 Å². The Hall–Kier alpha value is -0.140. The molecule has 1 saturated heterocycles. The molecule has 1 aromatic carbocycles. The lowest BCUT2D eigenvalue weighted by molar-refractivity contribution is 0.184. The van der Waals surface area contributed by atoms with Crippen LogP contribution in [0.1, 0.15) is 6.92 Å². The van der Waals surface area contributed by atoms with Crippen LogP contribution in [0.5, 0.6) is 0 Å². The van der Waals surface area contributed by atoms with Crippen LogP contribution < -0.4 is 5.32 Å². The average Bonchev–Trinajstić information content (AvgIpc) is 2.38. The largest absolute Gasteiger partial charge is 0.314 e. The zero-order valence-electron chi connectivity index (χ0n) is 11.4. The Labute approximate surface area is 135 Å². The molecule has 20 heavy (non-hydrogen) atoms. The normalized spacial score (nSPS) is 20.4. The second-order valence-corrected chi connectivity index (χ2v) is 7.89. The Morgan fingerprint density at radius 1 is 1.45 bits per heavy atom. The van der Waals surface area contributed by atoms with Gasteiger partial charge in [-0.25, -0.2) is 8.42 Å². The number of nitrogens with one attached hydrogen (secondary N) is 1. The topological polar surface area (TPSA) is 49.4 Å². The van der Waals surface area contributed by atoms with Gasteiger partial charge in [0.2, 0.25) is 0 Å². The summed E-state index contributed by atoms with van der Waals surface area (Å²) < 4.78 is 25.3. The van der Waals surface area contributed by atoms with E-state index in [4.69, 9.17) is 0 Å². The van der Waals surface area contributed by atoms with Gasteiger partial charge in [0.25, 0.3) is 0 Å². The van der Waals surface area contributed by atoms with Gasteiger partial charge >= 0.3 is 0 Å². The molecule has 0 unspecified atom stereocenters. The van der Waals surface area contributed by atoms with E-state index < -0.39 is 9.84 Å². The molecule has 4 nitrogen and oxygen atoms in total. The highest BCUT2D eigenvalue weighted by molar-refractivity contribution is 9.10. The summed E-state index contributed by atoms with van der Waals surface area (Å²) in [6.07, 6.45) is 0. The summed E-state index contributed by atoms with van der Waals surface area (Å²) in [7, 11) is -3.20. The van der Waals surface area contributed by atoms with Crippen molar-refractivity contribution in [2.75, 3.05) is 31.9 Å². The van der Waals surface area contributed by atoms with Gasteiger partial charge in [-0.05, 0) is 25.1 Å². The van der Waals surface area contributed by atoms with Crippen LogP contribution in [-0.4, -0.2) is 51.3 Å². The van der Waals surface area contributed by atoms with Gasteiger partial charge < -0.3 is 5.32 Å². The Balaban J connectivity index is 0.00000200. The first-order chi connectivity index (χ1) is 8.99. The third-order valence-electron chi connectivity index (χ3n) is 3.44. The Morgan fingerprint density at radius 3 is 2.85 bits per heavy atom. The fourth-order valence-corrected chi connectivity index (χ4v) is 4.08. The van der Waals surface area contributed by atoms with Gasteiger partial charge in [0, 0.05) is 36.7 Å². The first-order valence-corrected chi connectivity index (χ1v) is 8.87. The lowest BCUT2D eigenvalue weighted by Crippen LogP contribution is -2.50. The van der Waals surface area contributed by atoms with Crippen LogP contribution in [0.4, 0.5) is 0 Å². The van der Waals surface area contributed by atoms with Crippen LogP contribution in [0.15, 0.2) is 33.6 Å². The van der Waals surface area contributed by atoms with E-state index >= 15 is 0 Å². The van der Waals surface area contributed by atoms with E-state index in [-0.39, 0.29) is 18.2 Å². The highest BCUT2D eigenvalue weighted by atomic mass is 79.9. The van der Waals surface area contributed by atoms with Crippen LogP contribution in [0.2, 0.25) is 0 Å². The minimum atomic E-state index is -3.20. The maximum absolute atomic E-state index is 12.3. The zero-order chi connectivity index (χ0) is 13.9. The number of halogens is 2. The molecule has 2 rings (SSSR count). The van der Waals surface area contributed by atoms with Crippen molar-refractivity contribution in [3.63, 3.8) is 0 Å². The molecule has 0 spiro atoms. The summed E-state index contributed by atoms with van der Waals surface area (Å²) in [4.78, 5) is 2.62. The lowest BCUT2D eigenvalue weighted by atomic mass is 10.2. The molecule has 0 aliphatic carbocycles. The number of benzene rings is 1. The van der Waals surface area contributed by atoms with Gasteiger partial charge in [-0.1, -0.05) is 22.0 Å². The summed E-state index contributed by atoms with van der Waals surface area (Å²) >= 11 is 3.31. The van der Waals surface area contributed by atoms with Crippen molar-refractivity contribution in [3.8, 4) is 0 Å². The van der Waals surface area contributed by atoms with Crippen molar-refractivity contribution in [2.45, 2.75) is 17.9 Å². The van der Waals surface area contributed by atoms with Crippen molar-refractivity contribution < 1.29 is 8.42 Å². The first kappa shape index (κ1) is 17.9. The molecular weight excluding hydrogens is 364 g/mol. The molecule has 1 aliphatic heterocycles.